The van der Waals surface area contributed by atoms with Crippen LogP contribution in [0.5, 0.6) is 0 Å². The molecule has 136 valence electrons. The van der Waals surface area contributed by atoms with Gasteiger partial charge in [0.15, 0.2) is 0 Å². The average molecular weight is 353 g/mol. The monoisotopic (exact) mass is 353 g/mol. The Hall–Kier alpha value is -2.73. The minimum absolute atomic E-state index is 0.303. The molecule has 1 aromatic carbocycles. The van der Waals surface area contributed by atoms with Crippen LogP contribution in [0.4, 0.5) is 0 Å². The highest BCUT2D eigenvalue weighted by molar-refractivity contribution is 5.99. The maximum absolute atomic E-state index is 12.5. The minimum Gasteiger partial charge on any atom is -0.387 e. The number of rotatable bonds is 5. The van der Waals surface area contributed by atoms with Crippen LogP contribution < -0.4 is 11.1 Å². The van der Waals surface area contributed by atoms with E-state index in [1.165, 1.54) is 0 Å². The first-order valence-electron chi connectivity index (χ1n) is 8.79. The van der Waals surface area contributed by atoms with Gasteiger partial charge in [0.05, 0.1) is 17.5 Å². The molecule has 3 rings (SSSR count). The Morgan fingerprint density at radius 3 is 2.38 bits per heavy atom. The lowest BCUT2D eigenvalue weighted by atomic mass is 9.96. The zero-order valence-corrected chi connectivity index (χ0v) is 14.7. The lowest BCUT2D eigenvalue weighted by molar-refractivity contribution is -0.123. The fourth-order valence-electron chi connectivity index (χ4n) is 3.34. The lowest BCUT2D eigenvalue weighted by Crippen LogP contribution is -2.55. The van der Waals surface area contributed by atoms with Crippen molar-refractivity contribution in [3.05, 3.63) is 53.7 Å². The number of primary amides is 1. The number of aliphatic hydroxyl groups excluding tert-OH is 1. The average Bonchev–Trinajstić information content (AvgIpc) is 3.12. The largest absolute Gasteiger partial charge is 0.387 e. The molecule has 6 nitrogen and oxygen atoms in total. The molecular formula is C20H23N3O3. The molecule has 0 radical (unpaired) electrons. The fraction of sp³-hybridized carbons (Fsp3) is 0.350. The highest BCUT2D eigenvalue weighted by atomic mass is 16.3. The SMILES string of the molecule is CC(O)c1cccc(-c2ccc(C(=O)NC3(C(N)=O)CCCC3)cc2)n1. The number of aliphatic hydroxyl groups is 1. The molecular weight excluding hydrogens is 330 g/mol. The smallest absolute Gasteiger partial charge is 0.252 e. The third kappa shape index (κ3) is 3.60. The first kappa shape index (κ1) is 18.1. The Morgan fingerprint density at radius 2 is 1.81 bits per heavy atom. The Morgan fingerprint density at radius 1 is 1.15 bits per heavy atom. The van der Waals surface area contributed by atoms with Crippen molar-refractivity contribution in [2.45, 2.75) is 44.2 Å². The van der Waals surface area contributed by atoms with Crippen LogP contribution in [0.2, 0.25) is 0 Å². The molecule has 0 spiro atoms. The molecule has 0 saturated heterocycles. The number of carbonyl (C=O) groups is 2. The predicted molar refractivity (Wildman–Crippen MR) is 98.2 cm³/mol. The summed E-state index contributed by atoms with van der Waals surface area (Å²) < 4.78 is 0. The number of nitrogens with one attached hydrogen (secondary N) is 1. The Labute approximate surface area is 152 Å². The quantitative estimate of drug-likeness (QED) is 0.767. The Balaban J connectivity index is 1.78. The molecule has 6 heteroatoms. The summed E-state index contributed by atoms with van der Waals surface area (Å²) in [6, 6.07) is 12.4. The van der Waals surface area contributed by atoms with Crippen molar-refractivity contribution < 1.29 is 14.7 Å². The van der Waals surface area contributed by atoms with E-state index in [-0.39, 0.29) is 5.91 Å². The van der Waals surface area contributed by atoms with E-state index < -0.39 is 17.6 Å². The summed E-state index contributed by atoms with van der Waals surface area (Å²) >= 11 is 0. The van der Waals surface area contributed by atoms with Crippen LogP contribution in [0.15, 0.2) is 42.5 Å². The van der Waals surface area contributed by atoms with E-state index in [9.17, 15) is 14.7 Å². The molecule has 1 aliphatic carbocycles. The van der Waals surface area contributed by atoms with E-state index >= 15 is 0 Å². The molecule has 1 aliphatic rings. The van der Waals surface area contributed by atoms with Crippen molar-refractivity contribution in [1.29, 1.82) is 0 Å². The van der Waals surface area contributed by atoms with Gasteiger partial charge in [-0.25, -0.2) is 0 Å². The van der Waals surface area contributed by atoms with Gasteiger partial charge in [-0.3, -0.25) is 14.6 Å². The molecule has 1 heterocycles. The van der Waals surface area contributed by atoms with Crippen molar-refractivity contribution in [2.75, 3.05) is 0 Å². The van der Waals surface area contributed by atoms with Crippen LogP contribution in [0.1, 0.15) is 54.8 Å². The highest BCUT2D eigenvalue weighted by Gasteiger charge is 2.40. The number of amides is 2. The number of hydrogen-bond donors (Lipinski definition) is 3. The van der Waals surface area contributed by atoms with Gasteiger partial charge < -0.3 is 16.2 Å². The van der Waals surface area contributed by atoms with Crippen LogP contribution in [-0.2, 0) is 4.79 Å². The molecule has 2 amide bonds. The van der Waals surface area contributed by atoms with E-state index in [0.29, 0.717) is 24.1 Å². The number of benzene rings is 1. The Kier molecular flexibility index (Phi) is 5.04. The van der Waals surface area contributed by atoms with Crippen LogP contribution in [0.25, 0.3) is 11.3 Å². The van der Waals surface area contributed by atoms with E-state index in [4.69, 9.17) is 5.73 Å². The molecule has 2 aromatic rings. The van der Waals surface area contributed by atoms with E-state index in [1.54, 1.807) is 37.3 Å². The van der Waals surface area contributed by atoms with Gasteiger partial charge in [0.2, 0.25) is 5.91 Å². The molecule has 4 N–H and O–H groups in total. The highest BCUT2D eigenvalue weighted by Crippen LogP contribution is 2.30. The number of pyridine rings is 1. The molecule has 1 atom stereocenters. The van der Waals surface area contributed by atoms with E-state index in [2.05, 4.69) is 10.3 Å². The molecule has 1 unspecified atom stereocenters. The molecule has 26 heavy (non-hydrogen) atoms. The molecule has 1 saturated carbocycles. The second kappa shape index (κ2) is 7.25. The summed E-state index contributed by atoms with van der Waals surface area (Å²) in [5.74, 6) is -0.776. The third-order valence-electron chi connectivity index (χ3n) is 4.92. The molecule has 1 fully saturated rings. The number of carbonyl (C=O) groups excluding carboxylic acids is 2. The summed E-state index contributed by atoms with van der Waals surface area (Å²) in [7, 11) is 0. The first-order chi connectivity index (χ1) is 12.4. The van der Waals surface area contributed by atoms with Crippen molar-refractivity contribution in [2.24, 2.45) is 5.73 Å². The topological polar surface area (TPSA) is 105 Å². The van der Waals surface area contributed by atoms with Crippen molar-refractivity contribution in [3.8, 4) is 11.3 Å². The summed E-state index contributed by atoms with van der Waals surface area (Å²) in [4.78, 5) is 28.8. The number of hydrogen-bond acceptors (Lipinski definition) is 4. The molecule has 0 bridgehead atoms. The molecule has 1 aromatic heterocycles. The van der Waals surface area contributed by atoms with E-state index in [1.807, 2.05) is 12.1 Å². The van der Waals surface area contributed by atoms with Crippen LogP contribution >= 0.6 is 0 Å². The summed E-state index contributed by atoms with van der Waals surface area (Å²) in [5.41, 5.74) is 7.21. The lowest BCUT2D eigenvalue weighted by Gasteiger charge is -2.26. The predicted octanol–water partition coefficient (Wildman–Crippen LogP) is 2.33. The van der Waals surface area contributed by atoms with Crippen LogP contribution in [-0.4, -0.2) is 27.4 Å². The summed E-state index contributed by atoms with van der Waals surface area (Å²) in [5, 5.41) is 12.5. The first-order valence-corrected chi connectivity index (χ1v) is 8.79. The zero-order chi connectivity index (χ0) is 18.7. The van der Waals surface area contributed by atoms with Crippen molar-refractivity contribution >= 4 is 11.8 Å². The number of aromatic nitrogens is 1. The van der Waals surface area contributed by atoms with Gasteiger partial charge in [-0.05, 0) is 44.0 Å². The minimum atomic E-state index is -0.928. The number of nitrogens with two attached hydrogens (primary N) is 1. The second-order valence-corrected chi connectivity index (χ2v) is 6.81. The van der Waals surface area contributed by atoms with Crippen LogP contribution in [0, 0.1) is 0 Å². The van der Waals surface area contributed by atoms with Gasteiger partial charge in [-0.2, -0.15) is 0 Å². The van der Waals surface area contributed by atoms with Gasteiger partial charge in [0.1, 0.15) is 5.54 Å². The summed E-state index contributed by atoms with van der Waals surface area (Å²) in [6.45, 7) is 1.66. The molecule has 0 aliphatic heterocycles. The zero-order valence-electron chi connectivity index (χ0n) is 14.7. The van der Waals surface area contributed by atoms with Gasteiger partial charge >= 0.3 is 0 Å². The third-order valence-corrected chi connectivity index (χ3v) is 4.92. The summed E-state index contributed by atoms with van der Waals surface area (Å²) in [6.07, 6.45) is 2.29. The van der Waals surface area contributed by atoms with Gasteiger partial charge in [0.25, 0.3) is 5.91 Å². The maximum atomic E-state index is 12.5. The fourth-order valence-corrected chi connectivity index (χ4v) is 3.34. The van der Waals surface area contributed by atoms with Gasteiger partial charge in [0, 0.05) is 11.1 Å². The van der Waals surface area contributed by atoms with Crippen molar-refractivity contribution in [3.63, 3.8) is 0 Å². The Bertz CT molecular complexity index is 809. The van der Waals surface area contributed by atoms with Crippen molar-refractivity contribution in [1.82, 2.24) is 10.3 Å². The van der Waals surface area contributed by atoms with Gasteiger partial charge in [-0.1, -0.05) is 31.0 Å². The van der Waals surface area contributed by atoms with Gasteiger partial charge in [-0.15, -0.1) is 0 Å². The number of nitrogens with zero attached hydrogens (tertiary/aromatic N) is 1. The second-order valence-electron chi connectivity index (χ2n) is 6.81. The standard InChI is InChI=1S/C20H23N3O3/c1-13(24)16-5-4-6-17(22-16)14-7-9-15(10-8-14)18(25)23-20(19(21)26)11-2-3-12-20/h4-10,13,24H,2-3,11-12H2,1H3,(H2,21,26)(H,23,25). The van der Waals surface area contributed by atoms with Crippen LogP contribution in [0.3, 0.4) is 0 Å². The van der Waals surface area contributed by atoms with E-state index in [0.717, 1.165) is 24.1 Å². The maximum Gasteiger partial charge on any atom is 0.252 e. The normalized spacial score (nSPS) is 16.8.